The fourth-order valence-corrected chi connectivity index (χ4v) is 3.52. The van der Waals surface area contributed by atoms with E-state index in [2.05, 4.69) is 15.2 Å². The minimum absolute atomic E-state index is 0.0237. The second-order valence-electron chi connectivity index (χ2n) is 4.60. The lowest BCUT2D eigenvalue weighted by atomic mass is 10.2. The minimum atomic E-state index is -0.0237. The van der Waals surface area contributed by atoms with Crippen LogP contribution in [-0.4, -0.2) is 30.0 Å². The van der Waals surface area contributed by atoms with Gasteiger partial charge in [0.15, 0.2) is 5.13 Å². The topological polar surface area (TPSA) is 45.2 Å². The Hall–Kier alpha value is -1.66. The van der Waals surface area contributed by atoms with Gasteiger partial charge in [0.25, 0.3) is 0 Å². The van der Waals surface area contributed by atoms with Crippen LogP contribution in [0, 0.1) is 0 Å². The van der Waals surface area contributed by atoms with Crippen LogP contribution in [0.25, 0.3) is 6.08 Å². The average molecular weight is 305 g/mol. The third-order valence-corrected chi connectivity index (χ3v) is 4.84. The Morgan fingerprint density at radius 2 is 2.40 bits per heavy atom. The van der Waals surface area contributed by atoms with Crippen molar-refractivity contribution in [1.82, 2.24) is 10.3 Å². The molecule has 1 aliphatic heterocycles. The molecule has 1 saturated heterocycles. The van der Waals surface area contributed by atoms with Crippen LogP contribution in [0.3, 0.4) is 0 Å². The highest BCUT2D eigenvalue weighted by molar-refractivity contribution is 7.13. The van der Waals surface area contributed by atoms with Crippen molar-refractivity contribution < 1.29 is 4.79 Å². The predicted molar refractivity (Wildman–Crippen MR) is 84.2 cm³/mol. The molecular formula is C14H15N3OS2. The summed E-state index contributed by atoms with van der Waals surface area (Å²) in [4.78, 5) is 19.5. The lowest BCUT2D eigenvalue weighted by molar-refractivity contribution is -0.117. The third-order valence-electron chi connectivity index (χ3n) is 3.17. The van der Waals surface area contributed by atoms with Gasteiger partial charge in [-0.05, 0) is 23.9 Å². The van der Waals surface area contributed by atoms with E-state index in [-0.39, 0.29) is 11.9 Å². The predicted octanol–water partition coefficient (Wildman–Crippen LogP) is 2.61. The normalized spacial score (nSPS) is 18.8. The number of nitrogens with zero attached hydrogens (tertiary/aromatic N) is 2. The number of carbonyl (C=O) groups excluding carboxylic acids is 1. The van der Waals surface area contributed by atoms with E-state index >= 15 is 0 Å². The van der Waals surface area contributed by atoms with Gasteiger partial charge in [0.05, 0.1) is 0 Å². The first kappa shape index (κ1) is 13.3. The van der Waals surface area contributed by atoms with Crippen molar-refractivity contribution in [2.45, 2.75) is 12.5 Å². The number of amides is 1. The van der Waals surface area contributed by atoms with E-state index in [0.29, 0.717) is 0 Å². The highest BCUT2D eigenvalue weighted by atomic mass is 32.1. The number of hydrogen-bond donors (Lipinski definition) is 1. The molecule has 1 aliphatic rings. The van der Waals surface area contributed by atoms with E-state index in [4.69, 9.17) is 0 Å². The maximum atomic E-state index is 11.9. The van der Waals surface area contributed by atoms with Gasteiger partial charge >= 0.3 is 0 Å². The molecule has 6 heteroatoms. The van der Waals surface area contributed by atoms with Crippen LogP contribution in [0.2, 0.25) is 0 Å². The summed E-state index contributed by atoms with van der Waals surface area (Å²) < 4.78 is 0. The van der Waals surface area contributed by atoms with Gasteiger partial charge in [0.1, 0.15) is 0 Å². The smallest absolute Gasteiger partial charge is 0.244 e. The number of nitrogens with one attached hydrogen (secondary N) is 1. The van der Waals surface area contributed by atoms with Crippen molar-refractivity contribution in [2.75, 3.05) is 18.0 Å². The first-order chi connectivity index (χ1) is 9.81. The molecule has 1 atom stereocenters. The van der Waals surface area contributed by atoms with Gasteiger partial charge in [-0.3, -0.25) is 4.79 Å². The van der Waals surface area contributed by atoms with Gasteiger partial charge in [-0.15, -0.1) is 22.7 Å². The Kier molecular flexibility index (Phi) is 4.13. The first-order valence-electron chi connectivity index (χ1n) is 6.48. The van der Waals surface area contributed by atoms with Crippen molar-refractivity contribution in [2.24, 2.45) is 0 Å². The van der Waals surface area contributed by atoms with Crippen molar-refractivity contribution in [3.63, 3.8) is 0 Å². The van der Waals surface area contributed by atoms with Gasteiger partial charge < -0.3 is 10.2 Å². The second-order valence-corrected chi connectivity index (χ2v) is 6.46. The molecule has 0 aromatic carbocycles. The number of rotatable bonds is 4. The summed E-state index contributed by atoms with van der Waals surface area (Å²) in [7, 11) is 0. The van der Waals surface area contributed by atoms with E-state index in [0.717, 1.165) is 29.5 Å². The Labute approximate surface area is 125 Å². The third kappa shape index (κ3) is 3.26. The summed E-state index contributed by atoms with van der Waals surface area (Å²) in [6.45, 7) is 1.79. The zero-order chi connectivity index (χ0) is 13.8. The van der Waals surface area contributed by atoms with Crippen molar-refractivity contribution in [1.29, 1.82) is 0 Å². The summed E-state index contributed by atoms with van der Waals surface area (Å²) in [6.07, 6.45) is 6.25. The summed E-state index contributed by atoms with van der Waals surface area (Å²) in [5.41, 5.74) is 0. The Morgan fingerprint density at radius 1 is 1.45 bits per heavy atom. The van der Waals surface area contributed by atoms with Crippen LogP contribution in [0.4, 0.5) is 5.13 Å². The fraction of sp³-hybridized carbons (Fsp3) is 0.286. The minimum Gasteiger partial charge on any atom is -0.348 e. The van der Waals surface area contributed by atoms with Crippen LogP contribution in [-0.2, 0) is 4.79 Å². The van der Waals surface area contributed by atoms with E-state index in [1.54, 1.807) is 28.7 Å². The number of aromatic nitrogens is 1. The van der Waals surface area contributed by atoms with Gasteiger partial charge in [-0.2, -0.15) is 0 Å². The molecule has 4 nitrogen and oxygen atoms in total. The molecule has 3 heterocycles. The summed E-state index contributed by atoms with van der Waals surface area (Å²) in [6, 6.07) is 4.18. The Morgan fingerprint density at radius 3 is 3.15 bits per heavy atom. The quantitative estimate of drug-likeness (QED) is 0.883. The second kappa shape index (κ2) is 6.19. The first-order valence-corrected chi connectivity index (χ1v) is 8.24. The molecule has 1 fully saturated rings. The molecule has 0 aliphatic carbocycles. The summed E-state index contributed by atoms with van der Waals surface area (Å²) >= 11 is 3.26. The number of thiophene rings is 1. The van der Waals surface area contributed by atoms with Crippen LogP contribution < -0.4 is 10.2 Å². The largest absolute Gasteiger partial charge is 0.348 e. The molecule has 0 bridgehead atoms. The van der Waals surface area contributed by atoms with Crippen molar-refractivity contribution in [3.05, 3.63) is 40.0 Å². The highest BCUT2D eigenvalue weighted by Crippen LogP contribution is 2.22. The number of carbonyl (C=O) groups is 1. The average Bonchev–Trinajstić information content (AvgIpc) is 3.18. The van der Waals surface area contributed by atoms with Gasteiger partial charge in [0.2, 0.25) is 5.91 Å². The number of anilines is 1. The molecule has 0 saturated carbocycles. The fourth-order valence-electron chi connectivity index (χ4n) is 2.22. The van der Waals surface area contributed by atoms with E-state index in [1.165, 1.54) is 0 Å². The molecule has 20 heavy (non-hydrogen) atoms. The number of hydrogen-bond acceptors (Lipinski definition) is 5. The molecule has 0 radical (unpaired) electrons. The monoisotopic (exact) mass is 305 g/mol. The van der Waals surface area contributed by atoms with Gasteiger partial charge in [0, 0.05) is 41.7 Å². The lowest BCUT2D eigenvalue weighted by Gasteiger charge is -2.15. The van der Waals surface area contributed by atoms with Gasteiger partial charge in [-0.25, -0.2) is 4.98 Å². The highest BCUT2D eigenvalue weighted by Gasteiger charge is 2.24. The zero-order valence-corrected chi connectivity index (χ0v) is 12.5. The van der Waals surface area contributed by atoms with Crippen LogP contribution in [0.5, 0.6) is 0 Å². The van der Waals surface area contributed by atoms with Crippen LogP contribution in [0.15, 0.2) is 35.2 Å². The molecule has 1 amide bonds. The molecule has 2 aromatic rings. The standard InChI is InChI=1S/C14H15N3OS2/c18-13(4-3-12-2-1-8-19-12)16-11-5-7-17(10-11)14-15-6-9-20-14/h1-4,6,8-9,11H,5,7,10H2,(H,16,18)/b4-3+. The molecule has 104 valence electrons. The maximum Gasteiger partial charge on any atom is 0.244 e. The SMILES string of the molecule is O=C(/C=C/c1cccs1)NC1CCN(c2nccs2)C1. The maximum absolute atomic E-state index is 11.9. The molecule has 3 rings (SSSR count). The van der Waals surface area contributed by atoms with Crippen LogP contribution in [0.1, 0.15) is 11.3 Å². The summed E-state index contributed by atoms with van der Waals surface area (Å²) in [5.74, 6) is -0.0237. The van der Waals surface area contributed by atoms with Crippen molar-refractivity contribution >= 4 is 39.8 Å². The Balaban J connectivity index is 1.50. The number of thiazole rings is 1. The molecule has 1 unspecified atom stereocenters. The molecule has 0 spiro atoms. The van der Waals surface area contributed by atoms with Gasteiger partial charge in [-0.1, -0.05) is 6.07 Å². The van der Waals surface area contributed by atoms with E-state index in [1.807, 2.05) is 35.2 Å². The van der Waals surface area contributed by atoms with Crippen molar-refractivity contribution in [3.8, 4) is 0 Å². The zero-order valence-electron chi connectivity index (χ0n) is 10.9. The van der Waals surface area contributed by atoms with E-state index in [9.17, 15) is 4.79 Å². The molecule has 2 aromatic heterocycles. The molecular weight excluding hydrogens is 290 g/mol. The summed E-state index contributed by atoms with van der Waals surface area (Å²) in [5, 5.41) is 8.06. The van der Waals surface area contributed by atoms with Crippen LogP contribution >= 0.6 is 22.7 Å². The van der Waals surface area contributed by atoms with E-state index < -0.39 is 0 Å². The lowest BCUT2D eigenvalue weighted by Crippen LogP contribution is -2.36. The Bertz CT molecular complexity index is 578. The molecule has 1 N–H and O–H groups in total.